The van der Waals surface area contributed by atoms with E-state index in [4.69, 9.17) is 10.9 Å². The van der Waals surface area contributed by atoms with E-state index in [9.17, 15) is 0 Å². The lowest BCUT2D eigenvalue weighted by Gasteiger charge is -2.28. The Morgan fingerprint density at radius 1 is 1.30 bits per heavy atom. The summed E-state index contributed by atoms with van der Waals surface area (Å²) >= 11 is 0. The molecule has 0 aromatic carbocycles. The van der Waals surface area contributed by atoms with Crippen molar-refractivity contribution in [2.24, 2.45) is 16.8 Å². The summed E-state index contributed by atoms with van der Waals surface area (Å²) in [4.78, 5) is 12.7. The van der Waals surface area contributed by atoms with Crippen LogP contribution in [0.3, 0.4) is 0 Å². The normalized spacial score (nSPS) is 12.2. The summed E-state index contributed by atoms with van der Waals surface area (Å²) < 4.78 is 0. The average molecular weight is 280 g/mol. The standard InChI is InChI=1S/C13H24N6O/c1-10(2)9-19(8-7-18(3)4)13-11(12(14)17-20)15-5-6-16-13/h5-6,10,20H,7-9H2,1-4H3,(H2,14,17). The molecule has 1 aromatic rings. The Hall–Kier alpha value is -1.89. The Kier molecular flexibility index (Phi) is 6.17. The van der Waals surface area contributed by atoms with Gasteiger partial charge in [-0.15, -0.1) is 0 Å². The zero-order valence-electron chi connectivity index (χ0n) is 12.6. The molecule has 0 aliphatic rings. The van der Waals surface area contributed by atoms with Gasteiger partial charge in [-0.3, -0.25) is 0 Å². The zero-order valence-corrected chi connectivity index (χ0v) is 12.6. The van der Waals surface area contributed by atoms with Crippen molar-refractivity contribution in [3.05, 3.63) is 18.1 Å². The topological polar surface area (TPSA) is 90.9 Å². The highest BCUT2D eigenvalue weighted by molar-refractivity contribution is 5.99. The number of anilines is 1. The van der Waals surface area contributed by atoms with E-state index in [1.54, 1.807) is 6.20 Å². The molecule has 7 nitrogen and oxygen atoms in total. The fourth-order valence-electron chi connectivity index (χ4n) is 1.84. The maximum Gasteiger partial charge on any atom is 0.192 e. The monoisotopic (exact) mass is 280 g/mol. The van der Waals surface area contributed by atoms with Gasteiger partial charge in [0.1, 0.15) is 0 Å². The molecular formula is C13H24N6O. The number of hydrogen-bond acceptors (Lipinski definition) is 6. The fourth-order valence-corrected chi connectivity index (χ4v) is 1.84. The van der Waals surface area contributed by atoms with Gasteiger partial charge >= 0.3 is 0 Å². The van der Waals surface area contributed by atoms with Gasteiger partial charge in [-0.2, -0.15) is 0 Å². The van der Waals surface area contributed by atoms with Gasteiger partial charge in [0.05, 0.1) is 0 Å². The van der Waals surface area contributed by atoms with E-state index in [1.807, 2.05) is 14.1 Å². The predicted octanol–water partition coefficient (Wildman–Crippen LogP) is 0.595. The first-order valence-corrected chi connectivity index (χ1v) is 6.64. The highest BCUT2D eigenvalue weighted by atomic mass is 16.4. The van der Waals surface area contributed by atoms with Crippen LogP contribution < -0.4 is 10.6 Å². The van der Waals surface area contributed by atoms with E-state index in [-0.39, 0.29) is 5.84 Å². The van der Waals surface area contributed by atoms with Gasteiger partial charge in [0.25, 0.3) is 0 Å². The molecule has 1 heterocycles. The number of oxime groups is 1. The predicted molar refractivity (Wildman–Crippen MR) is 80.1 cm³/mol. The molecule has 3 N–H and O–H groups in total. The van der Waals surface area contributed by atoms with Gasteiger partial charge in [0, 0.05) is 32.0 Å². The number of rotatable bonds is 7. The van der Waals surface area contributed by atoms with E-state index in [1.165, 1.54) is 6.20 Å². The second-order valence-electron chi connectivity index (χ2n) is 5.36. The summed E-state index contributed by atoms with van der Waals surface area (Å²) in [6.45, 7) is 6.80. The Labute approximate surface area is 120 Å². The van der Waals surface area contributed by atoms with Crippen molar-refractivity contribution in [3.8, 4) is 0 Å². The van der Waals surface area contributed by atoms with Gasteiger partial charge in [0.15, 0.2) is 17.3 Å². The number of aromatic nitrogens is 2. The molecule has 7 heteroatoms. The number of hydrogen-bond donors (Lipinski definition) is 2. The van der Waals surface area contributed by atoms with Gasteiger partial charge in [-0.05, 0) is 20.0 Å². The Morgan fingerprint density at radius 2 is 1.95 bits per heavy atom. The second kappa shape index (κ2) is 7.64. The third-order valence-electron chi connectivity index (χ3n) is 2.73. The Bertz CT molecular complexity index is 446. The van der Waals surface area contributed by atoms with Crippen LogP contribution in [0.5, 0.6) is 0 Å². The van der Waals surface area contributed by atoms with Crippen LogP contribution >= 0.6 is 0 Å². The van der Waals surface area contributed by atoms with Crippen molar-refractivity contribution < 1.29 is 5.21 Å². The first kappa shape index (κ1) is 16.2. The van der Waals surface area contributed by atoms with E-state index in [0.717, 1.165) is 19.6 Å². The van der Waals surface area contributed by atoms with Crippen molar-refractivity contribution in [2.75, 3.05) is 38.6 Å². The molecule has 1 rings (SSSR count). The molecule has 0 unspecified atom stereocenters. The molecule has 0 aliphatic carbocycles. The summed E-state index contributed by atoms with van der Waals surface area (Å²) in [5, 5.41) is 11.9. The van der Waals surface area contributed by atoms with Crippen molar-refractivity contribution in [2.45, 2.75) is 13.8 Å². The van der Waals surface area contributed by atoms with Crippen LogP contribution in [0.1, 0.15) is 19.5 Å². The van der Waals surface area contributed by atoms with E-state index in [2.05, 4.69) is 38.8 Å². The molecule has 0 amide bonds. The minimum Gasteiger partial charge on any atom is -0.409 e. The molecule has 0 aliphatic heterocycles. The maximum atomic E-state index is 8.86. The van der Waals surface area contributed by atoms with E-state index < -0.39 is 0 Å². The number of likely N-dealkylation sites (N-methyl/N-ethyl adjacent to an activating group) is 1. The zero-order chi connectivity index (χ0) is 15.1. The third kappa shape index (κ3) is 4.65. The van der Waals surface area contributed by atoms with Crippen LogP contribution in [0.4, 0.5) is 5.82 Å². The lowest BCUT2D eigenvalue weighted by atomic mass is 10.2. The minimum atomic E-state index is -0.0216. The van der Waals surface area contributed by atoms with Crippen LogP contribution in [0.15, 0.2) is 17.5 Å². The summed E-state index contributed by atoms with van der Waals surface area (Å²) in [7, 11) is 4.04. The number of amidine groups is 1. The van der Waals surface area contributed by atoms with Crippen molar-refractivity contribution in [3.63, 3.8) is 0 Å². The molecule has 0 radical (unpaired) electrons. The molecule has 0 saturated carbocycles. The van der Waals surface area contributed by atoms with Crippen LogP contribution in [-0.2, 0) is 0 Å². The highest BCUT2D eigenvalue weighted by Crippen LogP contribution is 2.16. The SMILES string of the molecule is CC(C)CN(CCN(C)C)c1nccnc1C(N)=NO. The van der Waals surface area contributed by atoms with Crippen LogP contribution in [0, 0.1) is 5.92 Å². The van der Waals surface area contributed by atoms with Crippen LogP contribution in [0.25, 0.3) is 0 Å². The lowest BCUT2D eigenvalue weighted by molar-refractivity contribution is 0.318. The molecule has 20 heavy (non-hydrogen) atoms. The fraction of sp³-hybridized carbons (Fsp3) is 0.615. The molecule has 0 fully saturated rings. The molecule has 0 saturated heterocycles. The quantitative estimate of drug-likeness (QED) is 0.329. The minimum absolute atomic E-state index is 0.0216. The Morgan fingerprint density at radius 3 is 2.50 bits per heavy atom. The number of nitrogens with two attached hydrogens (primary N) is 1. The smallest absolute Gasteiger partial charge is 0.192 e. The first-order chi connectivity index (χ1) is 9.45. The molecule has 112 valence electrons. The molecule has 1 aromatic heterocycles. The van der Waals surface area contributed by atoms with Crippen LogP contribution in [0.2, 0.25) is 0 Å². The molecule has 0 bridgehead atoms. The van der Waals surface area contributed by atoms with Crippen molar-refractivity contribution in [1.82, 2.24) is 14.9 Å². The van der Waals surface area contributed by atoms with E-state index >= 15 is 0 Å². The van der Waals surface area contributed by atoms with Crippen molar-refractivity contribution in [1.29, 1.82) is 0 Å². The Balaban J connectivity index is 3.06. The molecular weight excluding hydrogens is 256 g/mol. The summed E-state index contributed by atoms with van der Waals surface area (Å²) in [5.74, 6) is 1.10. The average Bonchev–Trinajstić information content (AvgIpc) is 2.42. The number of nitrogens with zero attached hydrogens (tertiary/aromatic N) is 5. The van der Waals surface area contributed by atoms with Gasteiger partial charge < -0.3 is 20.7 Å². The molecule has 0 atom stereocenters. The van der Waals surface area contributed by atoms with Gasteiger partial charge in [0.2, 0.25) is 0 Å². The largest absolute Gasteiger partial charge is 0.409 e. The highest BCUT2D eigenvalue weighted by Gasteiger charge is 2.17. The van der Waals surface area contributed by atoms with E-state index in [0.29, 0.717) is 17.4 Å². The summed E-state index contributed by atoms with van der Waals surface area (Å²) in [6, 6.07) is 0. The van der Waals surface area contributed by atoms with Crippen LogP contribution in [-0.4, -0.2) is 59.6 Å². The molecule has 0 spiro atoms. The summed E-state index contributed by atoms with van der Waals surface area (Å²) in [6.07, 6.45) is 3.16. The summed E-state index contributed by atoms with van der Waals surface area (Å²) in [5.41, 5.74) is 6.09. The second-order valence-corrected chi connectivity index (χ2v) is 5.36. The maximum absolute atomic E-state index is 8.86. The van der Waals surface area contributed by atoms with Gasteiger partial charge in [-0.1, -0.05) is 19.0 Å². The third-order valence-corrected chi connectivity index (χ3v) is 2.73. The first-order valence-electron chi connectivity index (χ1n) is 6.64. The van der Waals surface area contributed by atoms with Gasteiger partial charge in [-0.25, -0.2) is 9.97 Å². The van der Waals surface area contributed by atoms with Crippen molar-refractivity contribution >= 4 is 11.7 Å². The lowest BCUT2D eigenvalue weighted by Crippen LogP contribution is -2.36.